The predicted molar refractivity (Wildman–Crippen MR) is 125 cm³/mol. The van der Waals surface area contributed by atoms with E-state index in [0.29, 0.717) is 11.4 Å². The Balaban J connectivity index is 1.76. The summed E-state index contributed by atoms with van der Waals surface area (Å²) in [5, 5.41) is 2.97. The number of benzene rings is 4. The van der Waals surface area contributed by atoms with Crippen molar-refractivity contribution in [1.82, 2.24) is 4.98 Å². The molecule has 0 aliphatic carbocycles. The average molecular weight is 403 g/mol. The highest BCUT2D eigenvalue weighted by atomic mass is 16.5. The van der Waals surface area contributed by atoms with Gasteiger partial charge in [-0.1, -0.05) is 91.0 Å². The van der Waals surface area contributed by atoms with Gasteiger partial charge in [0, 0.05) is 16.5 Å². The van der Waals surface area contributed by atoms with Crippen LogP contribution in [0.25, 0.3) is 21.7 Å². The summed E-state index contributed by atoms with van der Waals surface area (Å²) in [5.41, 5.74) is 3.22. The van der Waals surface area contributed by atoms with Gasteiger partial charge in [-0.3, -0.25) is 4.79 Å². The van der Waals surface area contributed by atoms with Crippen molar-refractivity contribution in [1.29, 1.82) is 0 Å². The first-order chi connectivity index (χ1) is 15.3. The van der Waals surface area contributed by atoms with Crippen molar-refractivity contribution in [2.24, 2.45) is 0 Å². The molecule has 4 aromatic carbocycles. The molecule has 0 fully saturated rings. The molecule has 150 valence electrons. The topological polar surface area (TPSA) is 39.2 Å². The summed E-state index contributed by atoms with van der Waals surface area (Å²) in [5.74, 6) is -0.0291. The molecule has 5 rings (SSSR count). The van der Waals surface area contributed by atoms with Crippen molar-refractivity contribution in [2.75, 3.05) is 7.11 Å². The molecule has 0 saturated heterocycles. The van der Waals surface area contributed by atoms with Gasteiger partial charge >= 0.3 is 0 Å². The second kappa shape index (κ2) is 8.04. The molecule has 0 unspecified atom stereocenters. The zero-order chi connectivity index (χ0) is 21.2. The smallest absolute Gasteiger partial charge is 0.217 e. The lowest BCUT2D eigenvalue weighted by molar-refractivity contribution is 0.0974. The van der Waals surface area contributed by atoms with E-state index in [2.05, 4.69) is 0 Å². The second-order valence-electron chi connectivity index (χ2n) is 7.51. The molecule has 0 aliphatic rings. The van der Waals surface area contributed by atoms with E-state index in [1.807, 2.05) is 103 Å². The maximum Gasteiger partial charge on any atom is 0.217 e. The maximum atomic E-state index is 14.1. The standard InChI is InChI=1S/C28H21NO2/c1-31-28-24(18-21-13-6-8-17-25(21)29-28)26(20-11-3-2-4-12-20)27(30)23-16-9-14-19-10-5-7-15-22(19)23/h2-18,26H,1H3/t26-/m1/s1. The Morgan fingerprint density at radius 1 is 0.774 bits per heavy atom. The number of ketones is 1. The number of carbonyl (C=O) groups is 1. The van der Waals surface area contributed by atoms with E-state index >= 15 is 0 Å². The molecule has 0 saturated carbocycles. The van der Waals surface area contributed by atoms with Crippen molar-refractivity contribution >= 4 is 27.5 Å². The molecule has 0 radical (unpaired) electrons. The quantitative estimate of drug-likeness (QED) is 0.318. The summed E-state index contributed by atoms with van der Waals surface area (Å²) < 4.78 is 5.67. The van der Waals surface area contributed by atoms with Gasteiger partial charge in [0.25, 0.3) is 0 Å². The van der Waals surface area contributed by atoms with Gasteiger partial charge in [-0.2, -0.15) is 0 Å². The fourth-order valence-corrected chi connectivity index (χ4v) is 4.20. The van der Waals surface area contributed by atoms with E-state index in [1.54, 1.807) is 7.11 Å². The van der Waals surface area contributed by atoms with Crippen LogP contribution < -0.4 is 4.74 Å². The van der Waals surface area contributed by atoms with E-state index in [-0.39, 0.29) is 5.78 Å². The number of hydrogen-bond acceptors (Lipinski definition) is 3. The van der Waals surface area contributed by atoms with Gasteiger partial charge in [-0.05, 0) is 28.5 Å². The number of carbonyl (C=O) groups excluding carboxylic acids is 1. The molecule has 0 N–H and O–H groups in total. The summed E-state index contributed by atoms with van der Waals surface area (Å²) in [6.45, 7) is 0. The first-order valence-corrected chi connectivity index (χ1v) is 10.3. The van der Waals surface area contributed by atoms with Gasteiger partial charge in [-0.15, -0.1) is 0 Å². The van der Waals surface area contributed by atoms with Gasteiger partial charge in [0.05, 0.1) is 18.5 Å². The minimum atomic E-state index is -0.529. The van der Waals surface area contributed by atoms with Crippen molar-refractivity contribution in [3.63, 3.8) is 0 Å². The van der Waals surface area contributed by atoms with Crippen molar-refractivity contribution in [3.05, 3.63) is 120 Å². The number of rotatable bonds is 5. The molecule has 0 aliphatic heterocycles. The van der Waals surface area contributed by atoms with Crippen LogP contribution in [0.5, 0.6) is 5.88 Å². The van der Waals surface area contributed by atoms with Crippen LogP contribution in [0.2, 0.25) is 0 Å². The van der Waals surface area contributed by atoms with Crippen LogP contribution in [0.1, 0.15) is 27.4 Å². The van der Waals surface area contributed by atoms with Crippen LogP contribution in [-0.2, 0) is 0 Å². The number of nitrogens with zero attached hydrogens (tertiary/aromatic N) is 1. The van der Waals surface area contributed by atoms with E-state index < -0.39 is 5.92 Å². The van der Waals surface area contributed by atoms with Gasteiger partial charge in [0.1, 0.15) is 0 Å². The highest BCUT2D eigenvalue weighted by Gasteiger charge is 2.29. The fraction of sp³-hybridized carbons (Fsp3) is 0.0714. The van der Waals surface area contributed by atoms with Crippen molar-refractivity contribution < 1.29 is 9.53 Å². The molecule has 3 nitrogen and oxygen atoms in total. The Hall–Kier alpha value is -3.98. The van der Waals surface area contributed by atoms with E-state index in [0.717, 1.165) is 32.8 Å². The molecule has 3 heteroatoms. The third kappa shape index (κ3) is 3.44. The van der Waals surface area contributed by atoms with Gasteiger partial charge in [0.2, 0.25) is 5.88 Å². The van der Waals surface area contributed by atoms with Crippen molar-refractivity contribution in [2.45, 2.75) is 5.92 Å². The summed E-state index contributed by atoms with van der Waals surface area (Å²) in [7, 11) is 1.60. The Morgan fingerprint density at radius 3 is 2.26 bits per heavy atom. The lowest BCUT2D eigenvalue weighted by atomic mass is 9.83. The van der Waals surface area contributed by atoms with Crippen LogP contribution in [0, 0.1) is 0 Å². The molecule has 1 heterocycles. The van der Waals surface area contributed by atoms with E-state index in [9.17, 15) is 4.79 Å². The van der Waals surface area contributed by atoms with Crippen LogP contribution in [0.3, 0.4) is 0 Å². The lowest BCUT2D eigenvalue weighted by Crippen LogP contribution is -2.16. The number of methoxy groups -OCH3 is 1. The minimum absolute atomic E-state index is 0.0263. The highest BCUT2D eigenvalue weighted by Crippen LogP contribution is 2.37. The van der Waals surface area contributed by atoms with E-state index in [4.69, 9.17) is 9.72 Å². The molecule has 31 heavy (non-hydrogen) atoms. The average Bonchev–Trinajstić information content (AvgIpc) is 2.84. The Labute approximate surface area is 180 Å². The normalized spacial score (nSPS) is 12.0. The van der Waals surface area contributed by atoms with Gasteiger partial charge in [0.15, 0.2) is 5.78 Å². The Morgan fingerprint density at radius 2 is 1.45 bits per heavy atom. The SMILES string of the molecule is COc1nc2ccccc2cc1[C@H](C(=O)c1cccc2ccccc12)c1ccccc1. The number of Topliss-reactive ketones (excluding diaryl/α,β-unsaturated/α-hetero) is 1. The molecule has 0 bridgehead atoms. The fourth-order valence-electron chi connectivity index (χ4n) is 4.20. The number of para-hydroxylation sites is 1. The molecule has 1 atom stereocenters. The Bertz CT molecular complexity index is 1390. The summed E-state index contributed by atoms with van der Waals surface area (Å²) in [6, 6.07) is 33.6. The number of aromatic nitrogens is 1. The number of ether oxygens (including phenoxy) is 1. The van der Waals surface area contributed by atoms with Crippen LogP contribution in [0.15, 0.2) is 103 Å². The van der Waals surface area contributed by atoms with E-state index in [1.165, 1.54) is 0 Å². The van der Waals surface area contributed by atoms with Crippen LogP contribution >= 0.6 is 0 Å². The zero-order valence-electron chi connectivity index (χ0n) is 17.2. The molecule has 0 amide bonds. The zero-order valence-corrected chi connectivity index (χ0v) is 17.2. The molecular formula is C28H21NO2. The number of pyridine rings is 1. The molecule has 1 aromatic heterocycles. The largest absolute Gasteiger partial charge is 0.481 e. The monoisotopic (exact) mass is 403 g/mol. The molecule has 0 spiro atoms. The predicted octanol–water partition coefficient (Wildman–Crippen LogP) is 6.41. The first kappa shape index (κ1) is 19.0. The van der Waals surface area contributed by atoms with Crippen LogP contribution in [-0.4, -0.2) is 17.9 Å². The highest BCUT2D eigenvalue weighted by molar-refractivity contribution is 6.12. The lowest BCUT2D eigenvalue weighted by Gasteiger charge is -2.20. The summed E-state index contributed by atoms with van der Waals surface area (Å²) >= 11 is 0. The van der Waals surface area contributed by atoms with Crippen molar-refractivity contribution in [3.8, 4) is 5.88 Å². The third-order valence-electron chi connectivity index (χ3n) is 5.67. The second-order valence-corrected chi connectivity index (χ2v) is 7.51. The minimum Gasteiger partial charge on any atom is -0.481 e. The van der Waals surface area contributed by atoms with Crippen LogP contribution in [0.4, 0.5) is 0 Å². The molecular weight excluding hydrogens is 382 g/mol. The Kier molecular flexibility index (Phi) is 4.93. The summed E-state index contributed by atoms with van der Waals surface area (Å²) in [4.78, 5) is 18.8. The number of hydrogen-bond donors (Lipinski definition) is 0. The van der Waals surface area contributed by atoms with Gasteiger partial charge in [-0.25, -0.2) is 4.98 Å². The van der Waals surface area contributed by atoms with Gasteiger partial charge < -0.3 is 4.74 Å². The first-order valence-electron chi connectivity index (χ1n) is 10.3. The maximum absolute atomic E-state index is 14.1. The summed E-state index contributed by atoms with van der Waals surface area (Å²) in [6.07, 6.45) is 0. The molecule has 5 aromatic rings. The third-order valence-corrected chi connectivity index (χ3v) is 5.67. The number of fused-ring (bicyclic) bond motifs is 2.